The van der Waals surface area contributed by atoms with Gasteiger partial charge in [-0.25, -0.2) is 0 Å². The summed E-state index contributed by atoms with van der Waals surface area (Å²) in [5.74, 6) is 0. The number of rotatable bonds is 1. The Bertz CT molecular complexity index is 467. The van der Waals surface area contributed by atoms with Crippen molar-refractivity contribution in [2.75, 3.05) is 0 Å². The molecule has 0 saturated heterocycles. The van der Waals surface area contributed by atoms with E-state index in [0.29, 0.717) is 5.56 Å². The molecule has 0 atom stereocenters. The van der Waals surface area contributed by atoms with Crippen LogP contribution in [0.2, 0.25) is 0 Å². The Morgan fingerprint density at radius 3 is 2.33 bits per heavy atom. The second kappa shape index (κ2) is 4.45. The summed E-state index contributed by atoms with van der Waals surface area (Å²) in [5, 5.41) is 0. The van der Waals surface area contributed by atoms with Crippen LogP contribution in [0.3, 0.4) is 0 Å². The van der Waals surface area contributed by atoms with E-state index in [1.807, 2.05) is 6.08 Å². The Morgan fingerprint density at radius 1 is 1.11 bits per heavy atom. The van der Waals surface area contributed by atoms with E-state index in [1.165, 1.54) is 6.07 Å². The highest BCUT2D eigenvalue weighted by Gasteiger charge is 2.34. The lowest BCUT2D eigenvalue weighted by Gasteiger charge is -2.29. The number of benzene rings is 1. The summed E-state index contributed by atoms with van der Waals surface area (Å²) in [7, 11) is 0. The van der Waals surface area contributed by atoms with Crippen LogP contribution < -0.4 is 0 Å². The van der Waals surface area contributed by atoms with Crippen molar-refractivity contribution >= 4 is 5.57 Å². The molecule has 0 radical (unpaired) electrons. The molecule has 0 saturated carbocycles. The first-order chi connectivity index (χ1) is 8.30. The monoisotopic (exact) mass is 254 g/mol. The van der Waals surface area contributed by atoms with Crippen molar-refractivity contribution in [2.45, 2.75) is 39.3 Å². The summed E-state index contributed by atoms with van der Waals surface area (Å²) in [6.45, 7) is 4.30. The molecule has 18 heavy (non-hydrogen) atoms. The van der Waals surface area contributed by atoms with Crippen molar-refractivity contribution < 1.29 is 13.2 Å². The topological polar surface area (TPSA) is 0 Å². The molecule has 0 aliphatic heterocycles. The van der Waals surface area contributed by atoms with Gasteiger partial charge in [0.25, 0.3) is 0 Å². The fourth-order valence-electron chi connectivity index (χ4n) is 2.33. The molecule has 0 nitrogen and oxygen atoms in total. The highest BCUT2D eigenvalue weighted by atomic mass is 19.4. The molecule has 1 aromatic rings. The zero-order chi connectivity index (χ0) is 13.4. The number of hydrogen-bond donors (Lipinski definition) is 0. The first kappa shape index (κ1) is 13.2. The maximum atomic E-state index is 12.9. The molecule has 1 aliphatic rings. The molecule has 98 valence electrons. The van der Waals surface area contributed by atoms with Crippen LogP contribution in [0.15, 0.2) is 30.3 Å². The van der Waals surface area contributed by atoms with Gasteiger partial charge in [0.05, 0.1) is 5.56 Å². The molecular formula is C15H17F3. The van der Waals surface area contributed by atoms with Crippen LogP contribution in [-0.2, 0) is 6.18 Å². The molecule has 0 amide bonds. The summed E-state index contributed by atoms with van der Waals surface area (Å²) in [6.07, 6.45) is 0.193. The fraction of sp³-hybridized carbons (Fsp3) is 0.467. The predicted molar refractivity (Wildman–Crippen MR) is 67.1 cm³/mol. The minimum atomic E-state index is -4.27. The van der Waals surface area contributed by atoms with Crippen molar-refractivity contribution in [2.24, 2.45) is 5.41 Å². The first-order valence-corrected chi connectivity index (χ1v) is 6.15. The Balaban J connectivity index is 2.38. The van der Waals surface area contributed by atoms with Gasteiger partial charge in [-0.3, -0.25) is 0 Å². The van der Waals surface area contributed by atoms with E-state index in [9.17, 15) is 13.2 Å². The van der Waals surface area contributed by atoms with Crippen LogP contribution in [0, 0.1) is 5.41 Å². The van der Waals surface area contributed by atoms with Gasteiger partial charge in [0.1, 0.15) is 0 Å². The second-order valence-electron chi connectivity index (χ2n) is 5.64. The molecule has 0 aromatic heterocycles. The quantitative estimate of drug-likeness (QED) is 0.638. The molecule has 0 bridgehead atoms. The van der Waals surface area contributed by atoms with E-state index in [0.717, 1.165) is 30.9 Å². The van der Waals surface area contributed by atoms with Gasteiger partial charge in [-0.05, 0) is 41.9 Å². The van der Waals surface area contributed by atoms with Crippen molar-refractivity contribution in [3.63, 3.8) is 0 Å². The third-order valence-corrected chi connectivity index (χ3v) is 3.55. The second-order valence-corrected chi connectivity index (χ2v) is 5.64. The van der Waals surface area contributed by atoms with Crippen LogP contribution in [0.1, 0.15) is 44.2 Å². The predicted octanol–water partition coefficient (Wildman–Crippen LogP) is 5.30. The molecule has 1 aromatic carbocycles. The summed E-state index contributed by atoms with van der Waals surface area (Å²) in [4.78, 5) is 0. The SMILES string of the molecule is CC1(C)CC=C(c2ccccc2C(F)(F)F)CC1. The first-order valence-electron chi connectivity index (χ1n) is 6.15. The molecule has 2 rings (SSSR count). The third kappa shape index (κ3) is 2.77. The fourth-order valence-corrected chi connectivity index (χ4v) is 2.33. The molecule has 0 unspecified atom stereocenters. The van der Waals surface area contributed by atoms with Gasteiger partial charge in [0, 0.05) is 0 Å². The van der Waals surface area contributed by atoms with Crippen molar-refractivity contribution in [3.8, 4) is 0 Å². The van der Waals surface area contributed by atoms with Crippen LogP contribution in [0.4, 0.5) is 13.2 Å². The number of halogens is 3. The van der Waals surface area contributed by atoms with Gasteiger partial charge < -0.3 is 0 Å². The van der Waals surface area contributed by atoms with Crippen LogP contribution in [0.25, 0.3) is 5.57 Å². The maximum absolute atomic E-state index is 12.9. The van der Waals surface area contributed by atoms with Gasteiger partial charge in [-0.2, -0.15) is 13.2 Å². The van der Waals surface area contributed by atoms with Crippen LogP contribution >= 0.6 is 0 Å². The molecular weight excluding hydrogens is 237 g/mol. The van der Waals surface area contributed by atoms with Gasteiger partial charge in [0.2, 0.25) is 0 Å². The Morgan fingerprint density at radius 2 is 1.78 bits per heavy atom. The molecule has 0 fully saturated rings. The Hall–Kier alpha value is -1.25. The Labute approximate surface area is 106 Å². The van der Waals surface area contributed by atoms with Crippen LogP contribution in [0.5, 0.6) is 0 Å². The van der Waals surface area contributed by atoms with E-state index in [1.54, 1.807) is 12.1 Å². The average molecular weight is 254 g/mol. The van der Waals surface area contributed by atoms with Crippen molar-refractivity contribution in [1.29, 1.82) is 0 Å². The third-order valence-electron chi connectivity index (χ3n) is 3.55. The van der Waals surface area contributed by atoms with Gasteiger partial charge in [-0.15, -0.1) is 0 Å². The maximum Gasteiger partial charge on any atom is 0.416 e. The largest absolute Gasteiger partial charge is 0.416 e. The van der Waals surface area contributed by atoms with Gasteiger partial charge in [-0.1, -0.05) is 38.1 Å². The minimum Gasteiger partial charge on any atom is -0.166 e. The lowest BCUT2D eigenvalue weighted by Crippen LogP contribution is -2.16. The molecule has 0 N–H and O–H groups in total. The number of alkyl halides is 3. The summed E-state index contributed by atoms with van der Waals surface area (Å²) < 4.78 is 38.8. The highest BCUT2D eigenvalue weighted by Crippen LogP contribution is 2.41. The highest BCUT2D eigenvalue weighted by molar-refractivity contribution is 5.69. The number of hydrogen-bond acceptors (Lipinski definition) is 0. The molecule has 0 spiro atoms. The Kier molecular flexibility index (Phi) is 3.26. The van der Waals surface area contributed by atoms with E-state index in [2.05, 4.69) is 13.8 Å². The number of allylic oxidation sites excluding steroid dienone is 2. The zero-order valence-corrected chi connectivity index (χ0v) is 10.6. The zero-order valence-electron chi connectivity index (χ0n) is 10.6. The van der Waals surface area contributed by atoms with E-state index in [4.69, 9.17) is 0 Å². The summed E-state index contributed by atoms with van der Waals surface area (Å²) >= 11 is 0. The lowest BCUT2D eigenvalue weighted by atomic mass is 9.76. The van der Waals surface area contributed by atoms with Crippen LogP contribution in [-0.4, -0.2) is 0 Å². The summed E-state index contributed by atoms with van der Waals surface area (Å²) in [6, 6.07) is 5.85. The smallest absolute Gasteiger partial charge is 0.166 e. The van der Waals surface area contributed by atoms with Gasteiger partial charge >= 0.3 is 6.18 Å². The van der Waals surface area contributed by atoms with E-state index in [-0.39, 0.29) is 5.41 Å². The summed E-state index contributed by atoms with van der Waals surface area (Å²) in [5.41, 5.74) is 0.871. The van der Waals surface area contributed by atoms with Gasteiger partial charge in [0.15, 0.2) is 0 Å². The molecule has 0 heterocycles. The molecule has 3 heteroatoms. The normalized spacial score (nSPS) is 19.5. The lowest BCUT2D eigenvalue weighted by molar-refractivity contribution is -0.137. The van der Waals surface area contributed by atoms with E-state index < -0.39 is 11.7 Å². The minimum absolute atomic E-state index is 0.205. The van der Waals surface area contributed by atoms with E-state index >= 15 is 0 Å². The average Bonchev–Trinajstić information content (AvgIpc) is 2.28. The van der Waals surface area contributed by atoms with Crippen molar-refractivity contribution in [3.05, 3.63) is 41.5 Å². The standard InChI is InChI=1S/C15H17F3/c1-14(2)9-7-11(8-10-14)12-5-3-4-6-13(12)15(16,17)18/h3-7H,8-10H2,1-2H3. The molecule has 1 aliphatic carbocycles. The van der Waals surface area contributed by atoms with Crippen molar-refractivity contribution in [1.82, 2.24) is 0 Å².